The lowest BCUT2D eigenvalue weighted by atomic mass is 9.97. The van der Waals surface area contributed by atoms with Crippen LogP contribution >= 0.6 is 0 Å². The number of methoxy groups -OCH3 is 1. The van der Waals surface area contributed by atoms with Gasteiger partial charge in [-0.05, 0) is 12.1 Å². The first-order valence-corrected chi connectivity index (χ1v) is 4.75. The molecular formula is C11H8O8. The summed E-state index contributed by atoms with van der Waals surface area (Å²) < 4.78 is 4.31. The van der Waals surface area contributed by atoms with Crippen molar-refractivity contribution in [1.29, 1.82) is 0 Å². The Hall–Kier alpha value is -2.90. The van der Waals surface area contributed by atoms with E-state index in [1.807, 2.05) is 0 Å². The Morgan fingerprint density at radius 1 is 0.895 bits per heavy atom. The molecule has 0 radical (unpaired) electrons. The third kappa shape index (κ3) is 2.68. The molecule has 0 saturated heterocycles. The molecular weight excluding hydrogens is 260 g/mol. The van der Waals surface area contributed by atoms with Gasteiger partial charge in [0.1, 0.15) is 0 Å². The van der Waals surface area contributed by atoms with E-state index in [1.165, 1.54) is 0 Å². The minimum Gasteiger partial charge on any atom is -0.478 e. The number of carbonyl (C=O) groups excluding carboxylic acids is 1. The van der Waals surface area contributed by atoms with E-state index < -0.39 is 46.1 Å². The highest BCUT2D eigenvalue weighted by molar-refractivity contribution is 6.11. The number of esters is 1. The van der Waals surface area contributed by atoms with Crippen LogP contribution < -0.4 is 0 Å². The predicted molar refractivity (Wildman–Crippen MR) is 58.7 cm³/mol. The van der Waals surface area contributed by atoms with E-state index in [9.17, 15) is 19.2 Å². The molecule has 0 atom stereocenters. The minimum atomic E-state index is -1.67. The Bertz CT molecular complexity index is 587. The third-order valence-corrected chi connectivity index (χ3v) is 2.23. The minimum absolute atomic E-state index is 0.525. The second-order valence-electron chi connectivity index (χ2n) is 3.35. The van der Waals surface area contributed by atoms with Gasteiger partial charge in [0.05, 0.1) is 29.4 Å². The van der Waals surface area contributed by atoms with Gasteiger partial charge in [0, 0.05) is 0 Å². The first-order valence-electron chi connectivity index (χ1n) is 4.75. The zero-order valence-electron chi connectivity index (χ0n) is 9.54. The van der Waals surface area contributed by atoms with Crippen molar-refractivity contribution in [2.24, 2.45) is 0 Å². The van der Waals surface area contributed by atoms with Gasteiger partial charge in [-0.3, -0.25) is 0 Å². The molecule has 0 aliphatic carbocycles. The summed E-state index contributed by atoms with van der Waals surface area (Å²) in [5.74, 6) is -5.96. The number of hydrogen-bond acceptors (Lipinski definition) is 5. The molecule has 3 N–H and O–H groups in total. The monoisotopic (exact) mass is 268 g/mol. The van der Waals surface area contributed by atoms with Crippen LogP contribution in [0.15, 0.2) is 12.1 Å². The van der Waals surface area contributed by atoms with Crippen molar-refractivity contribution in [2.45, 2.75) is 0 Å². The van der Waals surface area contributed by atoms with Crippen LogP contribution in [-0.2, 0) is 4.74 Å². The maximum atomic E-state index is 11.4. The molecule has 8 nitrogen and oxygen atoms in total. The van der Waals surface area contributed by atoms with Crippen molar-refractivity contribution in [2.75, 3.05) is 7.11 Å². The van der Waals surface area contributed by atoms with Crippen LogP contribution in [0.4, 0.5) is 0 Å². The summed E-state index contributed by atoms with van der Waals surface area (Å²) in [7, 11) is 0.960. The summed E-state index contributed by atoms with van der Waals surface area (Å²) in [6.07, 6.45) is 0. The standard InChI is InChI=1S/C11H8O8/c1-19-11(18)6-3-4(8(12)13)2-5(9(14)15)7(6)10(16)17/h2-3H,1H3,(H,12,13)(H,14,15)(H,16,17). The summed E-state index contributed by atoms with van der Waals surface area (Å²) in [6, 6.07) is 1.42. The fourth-order valence-electron chi connectivity index (χ4n) is 1.44. The molecule has 0 fully saturated rings. The molecule has 0 aliphatic heterocycles. The zero-order chi connectivity index (χ0) is 14.7. The molecule has 0 amide bonds. The number of benzene rings is 1. The van der Waals surface area contributed by atoms with Crippen LogP contribution in [0.5, 0.6) is 0 Å². The van der Waals surface area contributed by atoms with Crippen molar-refractivity contribution in [3.8, 4) is 0 Å². The molecule has 0 spiro atoms. The first-order chi connectivity index (χ1) is 8.79. The van der Waals surface area contributed by atoms with Crippen LogP contribution in [0.1, 0.15) is 41.4 Å². The molecule has 1 aromatic rings. The van der Waals surface area contributed by atoms with Crippen LogP contribution in [-0.4, -0.2) is 46.3 Å². The van der Waals surface area contributed by atoms with E-state index in [0.29, 0.717) is 6.07 Å². The quantitative estimate of drug-likeness (QED) is 0.673. The molecule has 8 heteroatoms. The maximum Gasteiger partial charge on any atom is 0.338 e. The SMILES string of the molecule is COC(=O)c1cc(C(=O)O)cc(C(=O)O)c1C(=O)O. The van der Waals surface area contributed by atoms with E-state index in [0.717, 1.165) is 13.2 Å². The van der Waals surface area contributed by atoms with E-state index in [4.69, 9.17) is 15.3 Å². The van der Waals surface area contributed by atoms with Crippen molar-refractivity contribution < 1.29 is 39.2 Å². The zero-order valence-corrected chi connectivity index (χ0v) is 9.54. The van der Waals surface area contributed by atoms with E-state index in [-0.39, 0.29) is 0 Å². The van der Waals surface area contributed by atoms with Gasteiger partial charge in [-0.2, -0.15) is 0 Å². The molecule has 19 heavy (non-hydrogen) atoms. The van der Waals surface area contributed by atoms with Crippen molar-refractivity contribution in [3.63, 3.8) is 0 Å². The maximum absolute atomic E-state index is 11.4. The molecule has 0 unspecified atom stereocenters. The predicted octanol–water partition coefficient (Wildman–Crippen LogP) is 0.568. The van der Waals surface area contributed by atoms with Crippen LogP contribution in [0.2, 0.25) is 0 Å². The second kappa shape index (κ2) is 5.17. The van der Waals surface area contributed by atoms with Gasteiger partial charge in [-0.25, -0.2) is 19.2 Å². The number of rotatable bonds is 4. The summed E-state index contributed by atoms with van der Waals surface area (Å²) in [5, 5.41) is 26.6. The van der Waals surface area contributed by atoms with Gasteiger partial charge in [-0.15, -0.1) is 0 Å². The second-order valence-corrected chi connectivity index (χ2v) is 3.35. The highest BCUT2D eigenvalue weighted by atomic mass is 16.5. The number of carboxylic acids is 3. The van der Waals surface area contributed by atoms with E-state index >= 15 is 0 Å². The largest absolute Gasteiger partial charge is 0.478 e. The average molecular weight is 268 g/mol. The van der Waals surface area contributed by atoms with Gasteiger partial charge in [0.15, 0.2) is 0 Å². The number of carbonyl (C=O) groups is 4. The van der Waals surface area contributed by atoms with Crippen molar-refractivity contribution in [3.05, 3.63) is 34.4 Å². The first kappa shape index (κ1) is 14.2. The normalized spacial score (nSPS) is 9.74. The summed E-state index contributed by atoms with van der Waals surface area (Å²) in [6.45, 7) is 0. The lowest BCUT2D eigenvalue weighted by Crippen LogP contribution is -2.17. The highest BCUT2D eigenvalue weighted by Gasteiger charge is 2.27. The molecule has 1 rings (SSSR count). The molecule has 0 bridgehead atoms. The Morgan fingerprint density at radius 3 is 1.79 bits per heavy atom. The Balaban J connectivity index is 3.75. The fourth-order valence-corrected chi connectivity index (χ4v) is 1.44. The smallest absolute Gasteiger partial charge is 0.338 e. The lowest BCUT2D eigenvalue weighted by molar-refractivity contribution is 0.0579. The number of hydrogen-bond donors (Lipinski definition) is 3. The van der Waals surface area contributed by atoms with Crippen molar-refractivity contribution in [1.82, 2.24) is 0 Å². The summed E-state index contributed by atoms with van der Waals surface area (Å²) >= 11 is 0. The molecule has 0 aliphatic rings. The topological polar surface area (TPSA) is 138 Å². The van der Waals surface area contributed by atoms with Gasteiger partial charge in [0.2, 0.25) is 0 Å². The highest BCUT2D eigenvalue weighted by Crippen LogP contribution is 2.20. The molecule has 0 aromatic heterocycles. The molecule has 0 saturated carbocycles. The number of carboxylic acid groups (broad SMARTS) is 3. The van der Waals surface area contributed by atoms with Gasteiger partial charge < -0.3 is 20.1 Å². The average Bonchev–Trinajstić information content (AvgIpc) is 2.35. The molecule has 0 heterocycles. The fraction of sp³-hybridized carbons (Fsp3) is 0.0909. The number of ether oxygens (including phenoxy) is 1. The molecule has 100 valence electrons. The van der Waals surface area contributed by atoms with Crippen LogP contribution in [0.3, 0.4) is 0 Å². The summed E-state index contributed by atoms with van der Waals surface area (Å²) in [4.78, 5) is 44.2. The Labute approximate surface area is 105 Å². The van der Waals surface area contributed by atoms with Crippen LogP contribution in [0.25, 0.3) is 0 Å². The van der Waals surface area contributed by atoms with Crippen molar-refractivity contribution >= 4 is 23.9 Å². The van der Waals surface area contributed by atoms with Gasteiger partial charge in [0.25, 0.3) is 0 Å². The van der Waals surface area contributed by atoms with E-state index in [2.05, 4.69) is 4.74 Å². The Kier molecular flexibility index (Phi) is 3.85. The lowest BCUT2D eigenvalue weighted by Gasteiger charge is -2.09. The Morgan fingerprint density at radius 2 is 1.42 bits per heavy atom. The van der Waals surface area contributed by atoms with E-state index in [1.54, 1.807) is 0 Å². The van der Waals surface area contributed by atoms with Gasteiger partial charge in [-0.1, -0.05) is 0 Å². The summed E-state index contributed by atoms with van der Waals surface area (Å²) in [5.41, 5.74) is -2.77. The third-order valence-electron chi connectivity index (χ3n) is 2.23. The molecule has 1 aromatic carbocycles. The number of aromatic carboxylic acids is 3. The van der Waals surface area contributed by atoms with Crippen LogP contribution in [0, 0.1) is 0 Å². The van der Waals surface area contributed by atoms with Gasteiger partial charge >= 0.3 is 23.9 Å².